The lowest BCUT2D eigenvalue weighted by Gasteiger charge is -2.28. The van der Waals surface area contributed by atoms with E-state index in [9.17, 15) is 0 Å². The van der Waals surface area contributed by atoms with Crippen LogP contribution in [0.3, 0.4) is 0 Å². The molecule has 0 bridgehead atoms. The zero-order valence-corrected chi connectivity index (χ0v) is 40.1. The summed E-state index contributed by atoms with van der Waals surface area (Å²) in [7, 11) is 0. The Morgan fingerprint density at radius 3 is 1.04 bits per heavy atom. The van der Waals surface area contributed by atoms with Gasteiger partial charge < -0.3 is 4.90 Å². The van der Waals surface area contributed by atoms with E-state index in [4.69, 9.17) is 0 Å². The van der Waals surface area contributed by atoms with Crippen LogP contribution >= 0.6 is 22.7 Å². The topological polar surface area (TPSA) is 3.24 Å². The molecule has 71 heavy (non-hydrogen) atoms. The van der Waals surface area contributed by atoms with Crippen LogP contribution in [0.2, 0.25) is 0 Å². The second-order valence-electron chi connectivity index (χ2n) is 18.6. The number of rotatable bonds is 6. The van der Waals surface area contributed by atoms with E-state index in [1.165, 1.54) is 139 Å². The minimum absolute atomic E-state index is 1.16. The first-order chi connectivity index (χ1) is 35.2. The first-order valence-corrected chi connectivity index (χ1v) is 26.0. The summed E-state index contributed by atoms with van der Waals surface area (Å²) < 4.78 is 5.17. The molecule has 0 fully saturated rings. The molecule has 0 saturated heterocycles. The quantitative estimate of drug-likeness (QED) is 0.150. The molecule has 0 unspecified atom stereocenters. The van der Waals surface area contributed by atoms with Crippen molar-refractivity contribution in [2.45, 2.75) is 0 Å². The van der Waals surface area contributed by atoms with Crippen LogP contribution in [0.15, 0.2) is 249 Å². The van der Waals surface area contributed by atoms with E-state index in [1.54, 1.807) is 0 Å². The second-order valence-corrected chi connectivity index (χ2v) is 20.7. The molecule has 3 heteroatoms. The highest BCUT2D eigenvalue weighted by atomic mass is 32.1. The second kappa shape index (κ2) is 16.0. The highest BCUT2D eigenvalue weighted by Gasteiger charge is 2.25. The molecule has 0 aliphatic carbocycles. The predicted molar refractivity (Wildman–Crippen MR) is 311 cm³/mol. The molecule has 1 nitrogen and oxygen atoms in total. The third-order valence-electron chi connectivity index (χ3n) is 14.9. The summed E-state index contributed by atoms with van der Waals surface area (Å²) in [4.78, 5) is 2.55. The van der Waals surface area contributed by atoms with Gasteiger partial charge in [-0.2, -0.15) is 0 Å². The van der Waals surface area contributed by atoms with Gasteiger partial charge in [0.25, 0.3) is 0 Å². The standard InChI is InChI=1S/C68H41NS2/c1-2-18-43-42(17-1)41-61(50-25-8-3-19-44(43)50)55-38-37-52(47-22-6-7-23-48(47)55)51-35-36-53(46-21-5-4-20-45(46)51)54-39-40-62(56-26-10-9-24-49(54)56)69(63-31-15-29-59-57-27-11-13-33-65(57)70-67(59)63)64-32-16-30-60-58-28-12-14-34-66(58)71-68(60)64/h1-41H. The van der Waals surface area contributed by atoms with Gasteiger partial charge in [-0.1, -0.05) is 212 Å². The van der Waals surface area contributed by atoms with Crippen LogP contribution in [0.4, 0.5) is 17.1 Å². The van der Waals surface area contributed by atoms with E-state index in [0.717, 1.165) is 5.69 Å². The number of thiophene rings is 2. The Kier molecular flexibility index (Phi) is 9.07. The van der Waals surface area contributed by atoms with Crippen molar-refractivity contribution >= 4 is 134 Å². The molecule has 2 aromatic heterocycles. The number of hydrogen-bond donors (Lipinski definition) is 0. The predicted octanol–water partition coefficient (Wildman–Crippen LogP) is 20.7. The smallest absolute Gasteiger partial charge is 0.0641 e. The fourth-order valence-electron chi connectivity index (χ4n) is 11.7. The third-order valence-corrected chi connectivity index (χ3v) is 17.3. The van der Waals surface area contributed by atoms with Gasteiger partial charge in [-0.25, -0.2) is 0 Å². The minimum atomic E-state index is 1.16. The minimum Gasteiger partial charge on any atom is -0.307 e. The lowest BCUT2D eigenvalue weighted by Crippen LogP contribution is -2.11. The van der Waals surface area contributed by atoms with Crippen LogP contribution in [0, 0.1) is 0 Å². The Morgan fingerprint density at radius 1 is 0.211 bits per heavy atom. The first-order valence-electron chi connectivity index (χ1n) is 24.3. The third kappa shape index (κ3) is 6.17. The SMILES string of the molecule is c1ccc2c(c1)cc(-c1ccc(-c3ccc(-c4ccc(N(c5cccc6c5sc5ccccc56)c5cccc6c5sc5ccccc56)c5ccccc45)c4ccccc34)c3ccccc13)c1ccccc12. The molecule has 0 aliphatic heterocycles. The van der Waals surface area contributed by atoms with Gasteiger partial charge in [-0.15, -0.1) is 22.7 Å². The van der Waals surface area contributed by atoms with Gasteiger partial charge in [0.1, 0.15) is 0 Å². The number of benzene rings is 13. The van der Waals surface area contributed by atoms with Crippen LogP contribution < -0.4 is 4.90 Å². The first kappa shape index (κ1) is 40.3. The molecule has 330 valence electrons. The molecule has 0 aliphatic rings. The summed E-state index contributed by atoms with van der Waals surface area (Å²) in [6.45, 7) is 0. The molecule has 0 N–H and O–H groups in total. The number of nitrogens with zero attached hydrogens (tertiary/aromatic N) is 1. The molecule has 0 atom stereocenters. The summed E-state index contributed by atoms with van der Waals surface area (Å²) in [6.07, 6.45) is 0. The molecule has 0 radical (unpaired) electrons. The van der Waals surface area contributed by atoms with Crippen LogP contribution in [0.25, 0.3) is 128 Å². The molecule has 0 spiro atoms. The van der Waals surface area contributed by atoms with Gasteiger partial charge in [0.15, 0.2) is 0 Å². The Bertz CT molecular complexity index is 4560. The Morgan fingerprint density at radius 2 is 0.549 bits per heavy atom. The molecule has 15 rings (SSSR count). The molecule has 2 heterocycles. The van der Waals surface area contributed by atoms with E-state index in [1.807, 2.05) is 22.7 Å². The van der Waals surface area contributed by atoms with Crippen molar-refractivity contribution in [1.29, 1.82) is 0 Å². The zero-order valence-electron chi connectivity index (χ0n) is 38.4. The van der Waals surface area contributed by atoms with E-state index in [-0.39, 0.29) is 0 Å². The normalized spacial score (nSPS) is 11.9. The largest absolute Gasteiger partial charge is 0.307 e. The zero-order chi connectivity index (χ0) is 46.6. The van der Waals surface area contributed by atoms with Gasteiger partial charge in [0, 0.05) is 36.3 Å². The number of anilines is 3. The van der Waals surface area contributed by atoms with Crippen molar-refractivity contribution in [3.8, 4) is 33.4 Å². The molecular formula is C68H41NS2. The summed E-state index contributed by atoms with van der Waals surface area (Å²) in [5, 5.41) is 17.7. The maximum absolute atomic E-state index is 2.55. The highest BCUT2D eigenvalue weighted by molar-refractivity contribution is 7.27. The van der Waals surface area contributed by atoms with Crippen molar-refractivity contribution in [1.82, 2.24) is 0 Å². The maximum Gasteiger partial charge on any atom is 0.0641 e. The average molecular weight is 936 g/mol. The molecular weight excluding hydrogens is 895 g/mol. The Balaban J connectivity index is 0.924. The van der Waals surface area contributed by atoms with Crippen LogP contribution in [0.1, 0.15) is 0 Å². The Labute approximate surface area is 418 Å². The van der Waals surface area contributed by atoms with Crippen molar-refractivity contribution in [3.05, 3.63) is 249 Å². The van der Waals surface area contributed by atoms with E-state index < -0.39 is 0 Å². The van der Waals surface area contributed by atoms with Gasteiger partial charge in [-0.3, -0.25) is 0 Å². The van der Waals surface area contributed by atoms with Gasteiger partial charge in [0.05, 0.1) is 26.5 Å². The van der Waals surface area contributed by atoms with E-state index >= 15 is 0 Å². The summed E-state index contributed by atoms with van der Waals surface area (Å²) >= 11 is 3.77. The van der Waals surface area contributed by atoms with Crippen LogP contribution in [-0.2, 0) is 0 Å². The molecule has 0 amide bonds. The summed E-state index contributed by atoms with van der Waals surface area (Å²) in [5.41, 5.74) is 11.0. The Hall–Kier alpha value is -8.60. The lowest BCUT2D eigenvalue weighted by atomic mass is 9.86. The van der Waals surface area contributed by atoms with Crippen LogP contribution in [0.5, 0.6) is 0 Å². The monoisotopic (exact) mass is 935 g/mol. The molecule has 15 aromatic rings. The van der Waals surface area contributed by atoms with Crippen molar-refractivity contribution in [2.75, 3.05) is 4.90 Å². The van der Waals surface area contributed by atoms with E-state index in [2.05, 4.69) is 254 Å². The molecule has 0 saturated carbocycles. The summed E-state index contributed by atoms with van der Waals surface area (Å²) in [6, 6.07) is 92.6. The van der Waals surface area contributed by atoms with Crippen molar-refractivity contribution in [2.24, 2.45) is 0 Å². The van der Waals surface area contributed by atoms with Gasteiger partial charge in [0.2, 0.25) is 0 Å². The molecule has 13 aromatic carbocycles. The number of fused-ring (bicyclic) bond motifs is 12. The van der Waals surface area contributed by atoms with Crippen molar-refractivity contribution in [3.63, 3.8) is 0 Å². The van der Waals surface area contributed by atoms with Gasteiger partial charge >= 0.3 is 0 Å². The van der Waals surface area contributed by atoms with E-state index in [0.29, 0.717) is 0 Å². The maximum atomic E-state index is 2.55. The van der Waals surface area contributed by atoms with Crippen molar-refractivity contribution < 1.29 is 0 Å². The average Bonchev–Trinajstić information content (AvgIpc) is 4.02. The van der Waals surface area contributed by atoms with Gasteiger partial charge in [-0.05, 0) is 118 Å². The lowest BCUT2D eigenvalue weighted by molar-refractivity contribution is 1.34. The number of hydrogen-bond acceptors (Lipinski definition) is 3. The fraction of sp³-hybridized carbons (Fsp3) is 0. The summed E-state index contributed by atoms with van der Waals surface area (Å²) in [5.74, 6) is 0. The van der Waals surface area contributed by atoms with Crippen LogP contribution in [-0.4, -0.2) is 0 Å². The fourth-order valence-corrected chi connectivity index (χ4v) is 14.1. The highest BCUT2D eigenvalue weighted by Crippen LogP contribution is 2.52.